The van der Waals surface area contributed by atoms with Crippen molar-refractivity contribution in [2.75, 3.05) is 32.8 Å². The molecule has 0 amide bonds. The van der Waals surface area contributed by atoms with E-state index in [1.54, 1.807) is 20.8 Å². The number of rotatable bonds is 9. The molecule has 0 radical (unpaired) electrons. The second-order valence-electron chi connectivity index (χ2n) is 14.0. The number of Topliss-reactive ketones (excluding diaryl/α,β-unsaturated/α-hetero) is 1. The highest BCUT2D eigenvalue weighted by molar-refractivity contribution is 5.92. The van der Waals surface area contributed by atoms with Crippen LogP contribution in [0.3, 0.4) is 0 Å². The average Bonchev–Trinajstić information content (AvgIpc) is 2.93. The number of esters is 2. The maximum atomic E-state index is 14.2. The average molecular weight is 594 g/mol. The van der Waals surface area contributed by atoms with Crippen LogP contribution in [0, 0.1) is 16.7 Å². The van der Waals surface area contributed by atoms with Crippen LogP contribution in [0.5, 0.6) is 0 Å². The fourth-order valence-electron chi connectivity index (χ4n) is 8.57. The fraction of sp³-hybridized carbons (Fsp3) is 0.844. The Labute approximate surface area is 250 Å². The normalized spacial score (nSPS) is 41.8. The number of nitrogens with zero attached hydrogens (tertiary/aromatic N) is 1. The van der Waals surface area contributed by atoms with Crippen molar-refractivity contribution in [1.82, 2.24) is 4.90 Å². The van der Waals surface area contributed by atoms with Gasteiger partial charge in [-0.05, 0) is 65.0 Å². The van der Waals surface area contributed by atoms with Crippen LogP contribution in [0.2, 0.25) is 0 Å². The maximum absolute atomic E-state index is 14.2. The Morgan fingerprint density at radius 2 is 1.76 bits per heavy atom. The Morgan fingerprint density at radius 1 is 1.10 bits per heavy atom. The predicted octanol–water partition coefficient (Wildman–Crippen LogP) is 2.96. The molecule has 2 aliphatic carbocycles. The van der Waals surface area contributed by atoms with Gasteiger partial charge in [0, 0.05) is 30.9 Å². The molecule has 2 heterocycles. The lowest BCUT2D eigenvalue weighted by molar-refractivity contribution is -0.371. The number of aliphatic hydroxyl groups is 2. The second-order valence-corrected chi connectivity index (χ2v) is 14.0. The third kappa shape index (κ3) is 5.36. The monoisotopic (exact) mass is 593 g/mol. The first kappa shape index (κ1) is 33.1. The van der Waals surface area contributed by atoms with Crippen LogP contribution in [-0.2, 0) is 33.3 Å². The minimum absolute atomic E-state index is 0.133. The molecule has 42 heavy (non-hydrogen) atoms. The molecule has 238 valence electrons. The Bertz CT molecular complexity index is 1060. The molecule has 2 saturated heterocycles. The van der Waals surface area contributed by atoms with Crippen LogP contribution in [0.25, 0.3) is 0 Å². The van der Waals surface area contributed by atoms with Crippen molar-refractivity contribution in [3.05, 3.63) is 12.7 Å². The van der Waals surface area contributed by atoms with Gasteiger partial charge in [-0.25, -0.2) is 4.79 Å². The number of aliphatic hydroxyl groups excluding tert-OH is 1. The van der Waals surface area contributed by atoms with E-state index >= 15 is 0 Å². The minimum Gasteiger partial charge on any atom is -0.458 e. The number of hydrogen-bond donors (Lipinski definition) is 2. The molecule has 0 spiro atoms. The molecular weight excluding hydrogens is 542 g/mol. The van der Waals surface area contributed by atoms with E-state index in [0.29, 0.717) is 19.4 Å². The fourth-order valence-corrected chi connectivity index (χ4v) is 8.57. The van der Waals surface area contributed by atoms with Crippen LogP contribution in [0.4, 0.5) is 0 Å². The SMILES string of the molecule is C=C[C@@]1(C)CC(=O)[C@]2(O)[C@@]3(C)[C@@H](O)CCC(C)(C)[C@@H]3[C@H](OC(=O)CCN3CCCCC3)[C@H](OC(=O)COCC)[C@@]2(C)O1. The van der Waals surface area contributed by atoms with Crippen molar-refractivity contribution in [3.63, 3.8) is 0 Å². The molecule has 4 fully saturated rings. The van der Waals surface area contributed by atoms with Gasteiger partial charge in [0.05, 0.1) is 18.1 Å². The van der Waals surface area contributed by atoms with E-state index in [4.69, 9.17) is 18.9 Å². The molecule has 8 atom stereocenters. The van der Waals surface area contributed by atoms with Gasteiger partial charge in [0.2, 0.25) is 0 Å². The number of ketones is 1. The van der Waals surface area contributed by atoms with E-state index < -0.39 is 69.6 Å². The molecular formula is C32H51NO9. The number of likely N-dealkylation sites (tertiary alicyclic amines) is 1. The molecule has 2 N–H and O–H groups in total. The Morgan fingerprint density at radius 3 is 2.38 bits per heavy atom. The van der Waals surface area contributed by atoms with Gasteiger partial charge in [-0.15, -0.1) is 6.58 Å². The van der Waals surface area contributed by atoms with E-state index in [0.717, 1.165) is 25.9 Å². The van der Waals surface area contributed by atoms with E-state index in [-0.39, 0.29) is 26.1 Å². The van der Waals surface area contributed by atoms with Gasteiger partial charge in [0.25, 0.3) is 0 Å². The summed E-state index contributed by atoms with van der Waals surface area (Å²) in [6, 6.07) is 0. The van der Waals surface area contributed by atoms with Gasteiger partial charge in [-0.3, -0.25) is 9.59 Å². The second kappa shape index (κ2) is 11.9. The summed E-state index contributed by atoms with van der Waals surface area (Å²) in [7, 11) is 0. The number of carbonyl (C=O) groups is 3. The smallest absolute Gasteiger partial charge is 0.332 e. The summed E-state index contributed by atoms with van der Waals surface area (Å²) in [6.07, 6.45) is 2.06. The minimum atomic E-state index is -2.28. The van der Waals surface area contributed by atoms with Crippen LogP contribution >= 0.6 is 0 Å². The first-order valence-electron chi connectivity index (χ1n) is 15.6. The van der Waals surface area contributed by atoms with E-state index in [9.17, 15) is 24.6 Å². The maximum Gasteiger partial charge on any atom is 0.332 e. The first-order chi connectivity index (χ1) is 19.6. The number of fused-ring (bicyclic) bond motifs is 3. The molecule has 10 heteroatoms. The zero-order valence-corrected chi connectivity index (χ0v) is 26.3. The van der Waals surface area contributed by atoms with E-state index in [1.165, 1.54) is 19.4 Å². The van der Waals surface area contributed by atoms with Gasteiger partial charge < -0.3 is 34.1 Å². The highest BCUT2D eigenvalue weighted by Gasteiger charge is 2.82. The number of ether oxygens (including phenoxy) is 4. The summed E-state index contributed by atoms with van der Waals surface area (Å²) in [5.74, 6) is -2.50. The molecule has 0 aromatic carbocycles. The van der Waals surface area contributed by atoms with Crippen molar-refractivity contribution < 1.29 is 43.5 Å². The Kier molecular flexibility index (Phi) is 9.38. The third-order valence-corrected chi connectivity index (χ3v) is 10.7. The molecule has 0 aromatic heterocycles. The molecule has 0 bridgehead atoms. The lowest BCUT2D eigenvalue weighted by Crippen LogP contribution is -2.87. The number of hydrogen-bond acceptors (Lipinski definition) is 10. The van der Waals surface area contributed by atoms with Gasteiger partial charge in [-0.2, -0.15) is 0 Å². The van der Waals surface area contributed by atoms with Crippen molar-refractivity contribution >= 4 is 17.7 Å². The van der Waals surface area contributed by atoms with Gasteiger partial charge >= 0.3 is 11.9 Å². The quantitative estimate of drug-likeness (QED) is 0.304. The van der Waals surface area contributed by atoms with Crippen LogP contribution in [-0.4, -0.2) is 101 Å². The van der Waals surface area contributed by atoms with Crippen molar-refractivity contribution in [2.24, 2.45) is 16.7 Å². The van der Waals surface area contributed by atoms with Gasteiger partial charge in [0.15, 0.2) is 17.5 Å². The van der Waals surface area contributed by atoms with E-state index in [2.05, 4.69) is 11.5 Å². The lowest BCUT2D eigenvalue weighted by atomic mass is 9.39. The molecule has 2 aliphatic heterocycles. The van der Waals surface area contributed by atoms with Crippen LogP contribution < -0.4 is 0 Å². The predicted molar refractivity (Wildman–Crippen MR) is 154 cm³/mol. The first-order valence-corrected chi connectivity index (χ1v) is 15.6. The third-order valence-electron chi connectivity index (χ3n) is 10.7. The lowest BCUT2D eigenvalue weighted by Gasteiger charge is -2.71. The molecule has 4 rings (SSSR count). The van der Waals surface area contributed by atoms with Crippen molar-refractivity contribution in [1.29, 1.82) is 0 Å². The molecule has 10 nitrogen and oxygen atoms in total. The largest absolute Gasteiger partial charge is 0.458 e. The Hall–Kier alpha value is -1.85. The van der Waals surface area contributed by atoms with Gasteiger partial charge in [0.1, 0.15) is 18.3 Å². The molecule has 2 saturated carbocycles. The zero-order chi connectivity index (χ0) is 31.1. The summed E-state index contributed by atoms with van der Waals surface area (Å²) in [5, 5.41) is 24.4. The van der Waals surface area contributed by atoms with Gasteiger partial charge in [-0.1, -0.05) is 33.3 Å². The summed E-state index contributed by atoms with van der Waals surface area (Å²) >= 11 is 0. The molecule has 0 aromatic rings. The topological polar surface area (TPSA) is 132 Å². The summed E-state index contributed by atoms with van der Waals surface area (Å²) in [4.78, 5) is 43.1. The highest BCUT2D eigenvalue weighted by atomic mass is 16.6. The van der Waals surface area contributed by atoms with E-state index in [1.807, 2.05) is 13.8 Å². The zero-order valence-electron chi connectivity index (χ0n) is 26.3. The number of carbonyl (C=O) groups excluding carboxylic acids is 3. The standard InChI is InChI=1S/C32H51NO9/c1-8-29(5)19-22(35)32(38)30(6)21(34)13-15-28(3,4)26(30)25(40-23(36)14-18-33-16-11-10-12-17-33)27(31(32,7)42-29)41-24(37)20-39-9-2/h8,21,25-27,34,38H,1,9-20H2,2-7H3/t21-,25-,26-,27-,29-,30-,31+,32-/m0/s1. The van der Waals surface area contributed by atoms with Crippen LogP contribution in [0.15, 0.2) is 12.7 Å². The highest BCUT2D eigenvalue weighted by Crippen LogP contribution is 2.67. The van der Waals surface area contributed by atoms with Crippen molar-refractivity contribution in [3.8, 4) is 0 Å². The summed E-state index contributed by atoms with van der Waals surface area (Å²) < 4.78 is 24.2. The Balaban J connectivity index is 1.83. The van der Waals surface area contributed by atoms with Crippen LogP contribution in [0.1, 0.15) is 86.5 Å². The summed E-state index contributed by atoms with van der Waals surface area (Å²) in [6.45, 7) is 16.7. The number of piperidine rings is 1. The molecule has 4 aliphatic rings. The summed E-state index contributed by atoms with van der Waals surface area (Å²) in [5.41, 5.74) is -7.50. The molecule has 0 unspecified atom stereocenters. The van der Waals surface area contributed by atoms with Crippen molar-refractivity contribution in [2.45, 2.75) is 122 Å².